The lowest BCUT2D eigenvalue weighted by molar-refractivity contribution is -0.133. The topological polar surface area (TPSA) is 54.9 Å². The number of piperazine rings is 1. The molecule has 2 aromatic carbocycles. The quantitative estimate of drug-likeness (QED) is 0.485. The number of amides is 1. The molecule has 1 aromatic heterocycles. The molecule has 0 bridgehead atoms. The summed E-state index contributed by atoms with van der Waals surface area (Å²) in [7, 11) is 0. The molecule has 0 spiro atoms. The summed E-state index contributed by atoms with van der Waals surface area (Å²) < 4.78 is 11.1. The molecule has 0 atom stereocenters. The average Bonchev–Trinajstić information content (AvgIpc) is 3.30. The molecule has 0 saturated carbocycles. The van der Waals surface area contributed by atoms with Crippen molar-refractivity contribution in [1.82, 2.24) is 14.8 Å². The van der Waals surface area contributed by atoms with Crippen LogP contribution < -0.4 is 9.47 Å². The second kappa shape index (κ2) is 11.1. The highest BCUT2D eigenvalue weighted by molar-refractivity contribution is 7.13. The van der Waals surface area contributed by atoms with Crippen molar-refractivity contribution in [3.8, 4) is 22.1 Å². The van der Waals surface area contributed by atoms with Gasteiger partial charge >= 0.3 is 0 Å². The summed E-state index contributed by atoms with van der Waals surface area (Å²) in [5, 5.41) is 3.19. The number of nitrogens with zero attached hydrogens (tertiary/aromatic N) is 3. The SMILES string of the molecule is CCOc1ccc(OCCC(=O)N2CCN(Cc3csc(-c4ccccc4)n3)CC2)cc1. The Labute approximate surface area is 193 Å². The predicted molar refractivity (Wildman–Crippen MR) is 127 cm³/mol. The predicted octanol–water partition coefficient (Wildman–Crippen LogP) is 4.32. The molecular weight excluding hydrogens is 422 g/mol. The fourth-order valence-electron chi connectivity index (χ4n) is 3.69. The van der Waals surface area contributed by atoms with E-state index in [2.05, 4.69) is 22.4 Å². The van der Waals surface area contributed by atoms with Crippen LogP contribution in [0.5, 0.6) is 11.5 Å². The summed E-state index contributed by atoms with van der Waals surface area (Å²) in [6.07, 6.45) is 0.389. The first kappa shape index (κ1) is 22.3. The highest BCUT2D eigenvalue weighted by Crippen LogP contribution is 2.24. The molecule has 1 aliphatic heterocycles. The van der Waals surface area contributed by atoms with Crippen LogP contribution in [0.15, 0.2) is 60.0 Å². The van der Waals surface area contributed by atoms with Crippen molar-refractivity contribution in [2.75, 3.05) is 39.4 Å². The maximum atomic E-state index is 12.5. The third-order valence-electron chi connectivity index (χ3n) is 5.40. The van der Waals surface area contributed by atoms with Crippen molar-refractivity contribution in [3.05, 3.63) is 65.7 Å². The summed E-state index contributed by atoms with van der Waals surface area (Å²) in [6.45, 7) is 7.03. The molecule has 32 heavy (non-hydrogen) atoms. The van der Waals surface area contributed by atoms with Crippen LogP contribution in [-0.4, -0.2) is 60.1 Å². The summed E-state index contributed by atoms with van der Waals surface area (Å²) in [5.74, 6) is 1.72. The van der Waals surface area contributed by atoms with Gasteiger partial charge in [0.15, 0.2) is 0 Å². The van der Waals surface area contributed by atoms with E-state index in [4.69, 9.17) is 14.5 Å². The monoisotopic (exact) mass is 451 g/mol. The van der Waals surface area contributed by atoms with E-state index < -0.39 is 0 Å². The third-order valence-corrected chi connectivity index (χ3v) is 6.34. The first-order valence-corrected chi connectivity index (χ1v) is 11.9. The van der Waals surface area contributed by atoms with Crippen molar-refractivity contribution in [1.29, 1.82) is 0 Å². The number of carbonyl (C=O) groups is 1. The van der Waals surface area contributed by atoms with Gasteiger partial charge in [-0.2, -0.15) is 0 Å². The van der Waals surface area contributed by atoms with E-state index in [1.165, 1.54) is 0 Å². The second-order valence-corrected chi connectivity index (χ2v) is 8.53. The lowest BCUT2D eigenvalue weighted by atomic mass is 10.2. The number of hydrogen-bond donors (Lipinski definition) is 0. The first-order chi connectivity index (χ1) is 15.7. The van der Waals surface area contributed by atoms with E-state index >= 15 is 0 Å². The number of rotatable bonds is 9. The summed E-state index contributed by atoms with van der Waals surface area (Å²) in [4.78, 5) is 21.6. The van der Waals surface area contributed by atoms with Gasteiger partial charge in [-0.1, -0.05) is 30.3 Å². The third kappa shape index (κ3) is 6.08. The Balaban J connectivity index is 1.17. The van der Waals surface area contributed by atoms with Gasteiger partial charge in [0.25, 0.3) is 0 Å². The van der Waals surface area contributed by atoms with Crippen LogP contribution in [0.2, 0.25) is 0 Å². The van der Waals surface area contributed by atoms with Gasteiger partial charge in [-0.25, -0.2) is 4.98 Å². The van der Waals surface area contributed by atoms with Crippen LogP contribution in [0.1, 0.15) is 19.0 Å². The fraction of sp³-hybridized carbons (Fsp3) is 0.360. The number of hydrogen-bond acceptors (Lipinski definition) is 6. The van der Waals surface area contributed by atoms with Crippen LogP contribution in [0.25, 0.3) is 10.6 Å². The Bertz CT molecular complexity index is 983. The molecule has 1 fully saturated rings. The Hall–Kier alpha value is -2.90. The van der Waals surface area contributed by atoms with Crippen LogP contribution in [0, 0.1) is 0 Å². The van der Waals surface area contributed by atoms with Crippen LogP contribution >= 0.6 is 11.3 Å². The van der Waals surface area contributed by atoms with E-state index in [0.717, 1.165) is 60.5 Å². The van der Waals surface area contributed by atoms with Gasteiger partial charge in [0, 0.05) is 43.7 Å². The van der Waals surface area contributed by atoms with Crippen molar-refractivity contribution in [2.24, 2.45) is 0 Å². The molecular formula is C25H29N3O3S. The average molecular weight is 452 g/mol. The maximum absolute atomic E-state index is 12.5. The second-order valence-electron chi connectivity index (χ2n) is 7.67. The highest BCUT2D eigenvalue weighted by atomic mass is 32.1. The minimum atomic E-state index is 0.149. The summed E-state index contributed by atoms with van der Waals surface area (Å²) in [5.41, 5.74) is 2.25. The number of aromatic nitrogens is 1. The highest BCUT2D eigenvalue weighted by Gasteiger charge is 2.21. The number of carbonyl (C=O) groups excluding carboxylic acids is 1. The van der Waals surface area contributed by atoms with Gasteiger partial charge < -0.3 is 14.4 Å². The Kier molecular flexibility index (Phi) is 7.74. The normalized spacial score (nSPS) is 14.3. The number of thiazole rings is 1. The van der Waals surface area contributed by atoms with Crippen molar-refractivity contribution in [2.45, 2.75) is 19.9 Å². The Morgan fingerprint density at radius 3 is 2.34 bits per heavy atom. The fourth-order valence-corrected chi connectivity index (χ4v) is 4.51. The van der Waals surface area contributed by atoms with Crippen LogP contribution in [0.4, 0.5) is 0 Å². The molecule has 0 radical (unpaired) electrons. The maximum Gasteiger partial charge on any atom is 0.226 e. The van der Waals surface area contributed by atoms with E-state index in [1.54, 1.807) is 11.3 Å². The van der Waals surface area contributed by atoms with Crippen LogP contribution in [0.3, 0.4) is 0 Å². The largest absolute Gasteiger partial charge is 0.494 e. The first-order valence-electron chi connectivity index (χ1n) is 11.1. The van der Waals surface area contributed by atoms with E-state index in [1.807, 2.05) is 54.3 Å². The molecule has 0 N–H and O–H groups in total. The molecule has 4 rings (SSSR count). The summed E-state index contributed by atoms with van der Waals surface area (Å²) in [6, 6.07) is 17.8. The van der Waals surface area contributed by atoms with Gasteiger partial charge in [-0.3, -0.25) is 9.69 Å². The lowest BCUT2D eigenvalue weighted by Crippen LogP contribution is -2.48. The van der Waals surface area contributed by atoms with Crippen molar-refractivity contribution in [3.63, 3.8) is 0 Å². The van der Waals surface area contributed by atoms with Gasteiger partial charge in [0.2, 0.25) is 5.91 Å². The zero-order valence-corrected chi connectivity index (χ0v) is 19.2. The molecule has 3 aromatic rings. The van der Waals surface area contributed by atoms with E-state index in [0.29, 0.717) is 19.6 Å². The van der Waals surface area contributed by atoms with Crippen LogP contribution in [-0.2, 0) is 11.3 Å². The standard InChI is InChI=1S/C25H29N3O3S/c1-2-30-22-8-10-23(11-9-22)31-17-12-24(29)28-15-13-27(14-16-28)18-21-19-32-25(26-21)20-6-4-3-5-7-20/h3-11,19H,2,12-18H2,1H3. The van der Waals surface area contributed by atoms with Gasteiger partial charge in [-0.05, 0) is 31.2 Å². The van der Waals surface area contributed by atoms with E-state index in [9.17, 15) is 4.79 Å². The molecule has 0 aliphatic carbocycles. The van der Waals surface area contributed by atoms with Gasteiger partial charge in [-0.15, -0.1) is 11.3 Å². The Morgan fingerprint density at radius 1 is 0.969 bits per heavy atom. The molecule has 168 valence electrons. The summed E-state index contributed by atoms with van der Waals surface area (Å²) >= 11 is 1.68. The zero-order chi connectivity index (χ0) is 22.2. The molecule has 0 unspecified atom stereocenters. The number of ether oxygens (including phenoxy) is 2. The zero-order valence-electron chi connectivity index (χ0n) is 18.4. The molecule has 7 heteroatoms. The molecule has 1 saturated heterocycles. The van der Waals surface area contributed by atoms with Gasteiger partial charge in [0.05, 0.1) is 25.3 Å². The van der Waals surface area contributed by atoms with Crippen molar-refractivity contribution >= 4 is 17.2 Å². The molecule has 2 heterocycles. The molecule has 1 amide bonds. The minimum Gasteiger partial charge on any atom is -0.494 e. The molecule has 1 aliphatic rings. The Morgan fingerprint density at radius 2 is 1.66 bits per heavy atom. The number of benzene rings is 2. The smallest absolute Gasteiger partial charge is 0.226 e. The molecule has 6 nitrogen and oxygen atoms in total. The lowest BCUT2D eigenvalue weighted by Gasteiger charge is -2.34. The van der Waals surface area contributed by atoms with E-state index in [-0.39, 0.29) is 5.91 Å². The van der Waals surface area contributed by atoms with Crippen molar-refractivity contribution < 1.29 is 14.3 Å². The minimum absolute atomic E-state index is 0.149. The van der Waals surface area contributed by atoms with Gasteiger partial charge in [0.1, 0.15) is 16.5 Å².